The SMILES string of the molecule is NCc1ccc2c(c1)OC(c1ncnc3cc(-c4cc5ccccc5s4)sc13)O2. The lowest BCUT2D eigenvalue weighted by atomic mass is 10.2. The van der Waals surface area contributed by atoms with E-state index < -0.39 is 6.29 Å². The molecule has 0 aliphatic carbocycles. The standard InChI is InChI=1S/C22H15N3O2S2/c23-10-12-5-6-15-16(7-12)27-22(26-15)20-21-14(24-11-25-20)9-19(29-21)18-8-13-3-1-2-4-17(13)28-18/h1-9,11,22H,10,23H2. The van der Waals surface area contributed by atoms with E-state index in [0.29, 0.717) is 18.0 Å². The van der Waals surface area contributed by atoms with Crippen molar-refractivity contribution in [3.63, 3.8) is 0 Å². The molecule has 1 atom stereocenters. The monoisotopic (exact) mass is 417 g/mol. The van der Waals surface area contributed by atoms with E-state index in [9.17, 15) is 0 Å². The molecule has 3 aromatic heterocycles. The second-order valence-electron chi connectivity index (χ2n) is 6.79. The normalized spacial score (nSPS) is 15.4. The number of thiophene rings is 2. The van der Waals surface area contributed by atoms with Crippen LogP contribution in [-0.2, 0) is 6.54 Å². The summed E-state index contributed by atoms with van der Waals surface area (Å²) in [5.41, 5.74) is 8.39. The largest absolute Gasteiger partial charge is 0.445 e. The molecule has 29 heavy (non-hydrogen) atoms. The molecule has 5 aromatic rings. The van der Waals surface area contributed by atoms with Crippen molar-refractivity contribution in [3.8, 4) is 21.3 Å². The summed E-state index contributed by atoms with van der Waals surface area (Å²) in [5, 5.41) is 1.25. The van der Waals surface area contributed by atoms with E-state index in [1.807, 2.05) is 18.2 Å². The van der Waals surface area contributed by atoms with E-state index >= 15 is 0 Å². The zero-order valence-electron chi connectivity index (χ0n) is 15.2. The van der Waals surface area contributed by atoms with Crippen LogP contribution in [0.15, 0.2) is 60.9 Å². The Morgan fingerprint density at radius 1 is 0.897 bits per heavy atom. The molecule has 0 saturated carbocycles. The molecule has 1 aliphatic rings. The molecule has 142 valence electrons. The van der Waals surface area contributed by atoms with Gasteiger partial charge in [0.05, 0.1) is 10.2 Å². The predicted octanol–water partition coefficient (Wildman–Crippen LogP) is 5.50. The summed E-state index contributed by atoms with van der Waals surface area (Å²) in [4.78, 5) is 11.4. The number of hydrogen-bond donors (Lipinski definition) is 1. The lowest BCUT2D eigenvalue weighted by molar-refractivity contribution is 0.0462. The van der Waals surface area contributed by atoms with E-state index in [1.54, 1.807) is 29.0 Å². The molecule has 1 unspecified atom stereocenters. The van der Waals surface area contributed by atoms with Gasteiger partial charge in [-0.1, -0.05) is 24.3 Å². The molecule has 0 bridgehead atoms. The van der Waals surface area contributed by atoms with Crippen LogP contribution in [0.2, 0.25) is 0 Å². The average molecular weight is 418 g/mol. The van der Waals surface area contributed by atoms with Gasteiger partial charge in [0.15, 0.2) is 11.5 Å². The van der Waals surface area contributed by atoms with E-state index in [-0.39, 0.29) is 0 Å². The number of aromatic nitrogens is 2. The maximum atomic E-state index is 6.05. The summed E-state index contributed by atoms with van der Waals surface area (Å²) in [7, 11) is 0. The number of benzene rings is 2. The minimum atomic E-state index is -0.586. The molecule has 0 radical (unpaired) electrons. The Kier molecular flexibility index (Phi) is 3.80. The molecular formula is C22H15N3O2S2. The molecule has 5 nitrogen and oxygen atoms in total. The van der Waals surface area contributed by atoms with Crippen molar-refractivity contribution in [2.45, 2.75) is 12.8 Å². The first-order chi connectivity index (χ1) is 14.3. The van der Waals surface area contributed by atoms with Crippen LogP contribution < -0.4 is 15.2 Å². The maximum Gasteiger partial charge on any atom is 0.286 e. The molecule has 0 fully saturated rings. The van der Waals surface area contributed by atoms with Crippen LogP contribution in [0.5, 0.6) is 11.5 Å². The van der Waals surface area contributed by atoms with Crippen LogP contribution in [0.1, 0.15) is 17.5 Å². The third kappa shape index (κ3) is 2.78. The zero-order chi connectivity index (χ0) is 19.4. The van der Waals surface area contributed by atoms with Crippen LogP contribution in [0.3, 0.4) is 0 Å². The lowest BCUT2D eigenvalue weighted by Gasteiger charge is -2.09. The third-order valence-corrected chi connectivity index (χ3v) is 7.40. The summed E-state index contributed by atoms with van der Waals surface area (Å²) in [6.45, 7) is 0.461. The lowest BCUT2D eigenvalue weighted by Crippen LogP contribution is -2.10. The molecule has 6 rings (SSSR count). The average Bonchev–Trinajstić information content (AvgIpc) is 3.47. The summed E-state index contributed by atoms with van der Waals surface area (Å²) in [6.07, 6.45) is 0.984. The second kappa shape index (κ2) is 6.52. The molecule has 2 N–H and O–H groups in total. The molecule has 0 spiro atoms. The van der Waals surface area contributed by atoms with Crippen molar-refractivity contribution in [3.05, 3.63) is 72.2 Å². The molecule has 0 amide bonds. The number of rotatable bonds is 3. The molecule has 4 heterocycles. The highest BCUT2D eigenvalue weighted by molar-refractivity contribution is 7.28. The third-order valence-electron chi connectivity index (χ3n) is 4.94. The van der Waals surface area contributed by atoms with Gasteiger partial charge in [-0.25, -0.2) is 9.97 Å². The Morgan fingerprint density at radius 2 is 1.76 bits per heavy atom. The van der Waals surface area contributed by atoms with E-state index in [2.05, 4.69) is 46.4 Å². The Morgan fingerprint density at radius 3 is 2.66 bits per heavy atom. The van der Waals surface area contributed by atoms with Crippen molar-refractivity contribution in [1.29, 1.82) is 0 Å². The summed E-state index contributed by atoms with van der Waals surface area (Å²) in [5.74, 6) is 1.41. The van der Waals surface area contributed by atoms with Crippen LogP contribution in [0, 0.1) is 0 Å². The van der Waals surface area contributed by atoms with Crippen molar-refractivity contribution in [2.75, 3.05) is 0 Å². The number of ether oxygens (including phenoxy) is 2. The van der Waals surface area contributed by atoms with Gasteiger partial charge in [0.1, 0.15) is 12.0 Å². The summed E-state index contributed by atoms with van der Waals surface area (Å²) >= 11 is 3.46. The Balaban J connectivity index is 1.41. The van der Waals surface area contributed by atoms with Crippen molar-refractivity contribution in [1.82, 2.24) is 9.97 Å². The van der Waals surface area contributed by atoms with Crippen LogP contribution in [0.4, 0.5) is 0 Å². The summed E-state index contributed by atoms with van der Waals surface area (Å²) < 4.78 is 14.3. The number of fused-ring (bicyclic) bond motifs is 3. The van der Waals surface area contributed by atoms with Crippen LogP contribution in [-0.4, -0.2) is 9.97 Å². The van der Waals surface area contributed by atoms with Crippen molar-refractivity contribution >= 4 is 43.0 Å². The van der Waals surface area contributed by atoms with Gasteiger partial charge in [-0.05, 0) is 41.3 Å². The van der Waals surface area contributed by atoms with Gasteiger partial charge in [-0.15, -0.1) is 22.7 Å². The summed E-state index contributed by atoms with van der Waals surface area (Å²) in [6, 6.07) is 18.5. The highest BCUT2D eigenvalue weighted by atomic mass is 32.1. The van der Waals surface area contributed by atoms with E-state index in [1.165, 1.54) is 19.8 Å². The van der Waals surface area contributed by atoms with Crippen LogP contribution in [0.25, 0.3) is 30.1 Å². The molecule has 1 aliphatic heterocycles. The van der Waals surface area contributed by atoms with Gasteiger partial charge < -0.3 is 15.2 Å². The predicted molar refractivity (Wildman–Crippen MR) is 117 cm³/mol. The van der Waals surface area contributed by atoms with Crippen molar-refractivity contribution < 1.29 is 9.47 Å². The first-order valence-corrected chi connectivity index (χ1v) is 10.8. The molecule has 0 saturated heterocycles. The highest BCUT2D eigenvalue weighted by Crippen LogP contribution is 2.45. The fraction of sp³-hybridized carbons (Fsp3) is 0.0909. The van der Waals surface area contributed by atoms with E-state index in [4.69, 9.17) is 15.2 Å². The van der Waals surface area contributed by atoms with Gasteiger partial charge in [0, 0.05) is 21.0 Å². The number of nitrogens with zero attached hydrogens (tertiary/aromatic N) is 2. The van der Waals surface area contributed by atoms with Gasteiger partial charge in [-0.3, -0.25) is 0 Å². The Labute approximate surface area is 174 Å². The minimum absolute atomic E-state index is 0.461. The van der Waals surface area contributed by atoms with Crippen molar-refractivity contribution in [2.24, 2.45) is 5.73 Å². The first-order valence-electron chi connectivity index (χ1n) is 9.18. The maximum absolute atomic E-state index is 6.05. The fourth-order valence-electron chi connectivity index (χ4n) is 3.50. The number of nitrogens with two attached hydrogens (primary N) is 1. The van der Waals surface area contributed by atoms with Gasteiger partial charge in [0.2, 0.25) is 0 Å². The van der Waals surface area contributed by atoms with E-state index in [0.717, 1.165) is 21.5 Å². The zero-order valence-corrected chi connectivity index (χ0v) is 16.8. The highest BCUT2D eigenvalue weighted by Gasteiger charge is 2.29. The molecule has 7 heteroatoms. The quantitative estimate of drug-likeness (QED) is 0.420. The number of hydrogen-bond acceptors (Lipinski definition) is 7. The van der Waals surface area contributed by atoms with Gasteiger partial charge in [-0.2, -0.15) is 0 Å². The Bertz CT molecular complexity index is 1340. The minimum Gasteiger partial charge on any atom is -0.445 e. The van der Waals surface area contributed by atoms with Crippen LogP contribution >= 0.6 is 22.7 Å². The smallest absolute Gasteiger partial charge is 0.286 e. The topological polar surface area (TPSA) is 70.3 Å². The fourth-order valence-corrected chi connectivity index (χ4v) is 5.74. The first kappa shape index (κ1) is 16.9. The second-order valence-corrected chi connectivity index (χ2v) is 8.92. The van der Waals surface area contributed by atoms with Gasteiger partial charge in [0.25, 0.3) is 6.29 Å². The Hall–Kier alpha value is -3.00. The molecular weight excluding hydrogens is 402 g/mol. The molecule has 2 aromatic carbocycles. The van der Waals surface area contributed by atoms with Gasteiger partial charge >= 0.3 is 0 Å².